The maximum atomic E-state index is 12.5. The van der Waals surface area contributed by atoms with Gasteiger partial charge in [-0.3, -0.25) is 14.9 Å². The molecule has 0 radical (unpaired) electrons. The first kappa shape index (κ1) is 25.4. The van der Waals surface area contributed by atoms with Crippen molar-refractivity contribution in [2.75, 3.05) is 13.2 Å². The third-order valence-corrected chi connectivity index (χ3v) is 5.45. The minimum atomic E-state index is -1.06. The first-order valence-electron chi connectivity index (χ1n) is 11.1. The van der Waals surface area contributed by atoms with Gasteiger partial charge in [0.05, 0.1) is 19.8 Å². The van der Waals surface area contributed by atoms with Gasteiger partial charge in [-0.15, -0.1) is 0 Å². The molecule has 0 fully saturated rings. The molecule has 3 aromatic rings. The summed E-state index contributed by atoms with van der Waals surface area (Å²) in [6.07, 6.45) is 0.194. The van der Waals surface area contributed by atoms with E-state index in [-0.39, 0.29) is 19.6 Å². The molecular weight excluding hydrogens is 454 g/mol. The molecule has 0 aromatic heterocycles. The summed E-state index contributed by atoms with van der Waals surface area (Å²) in [6, 6.07) is 22.8. The van der Waals surface area contributed by atoms with Gasteiger partial charge in [-0.1, -0.05) is 78.3 Å². The first-order chi connectivity index (χ1) is 16.5. The average Bonchev–Trinajstić information content (AvgIpc) is 2.84. The molecule has 0 heterocycles. The van der Waals surface area contributed by atoms with Gasteiger partial charge in [0.25, 0.3) is 0 Å². The normalized spacial score (nSPS) is 12.6. The quantitative estimate of drug-likeness (QED) is 0.363. The number of carbonyl (C=O) groups is 2. The van der Waals surface area contributed by atoms with E-state index in [0.29, 0.717) is 11.6 Å². The molecule has 6 nitrogen and oxygen atoms in total. The lowest BCUT2D eigenvalue weighted by molar-refractivity contribution is -0.148. The van der Waals surface area contributed by atoms with Crippen LogP contribution < -0.4 is 5.32 Å². The number of halogens is 1. The zero-order valence-electron chi connectivity index (χ0n) is 18.9. The van der Waals surface area contributed by atoms with Gasteiger partial charge in [0.2, 0.25) is 0 Å². The van der Waals surface area contributed by atoms with E-state index in [1.807, 2.05) is 78.9 Å². The van der Waals surface area contributed by atoms with E-state index in [4.69, 9.17) is 21.1 Å². The Morgan fingerprint density at radius 1 is 0.912 bits per heavy atom. The lowest BCUT2D eigenvalue weighted by Gasteiger charge is -2.22. The summed E-state index contributed by atoms with van der Waals surface area (Å²) in [4.78, 5) is 24.4. The van der Waals surface area contributed by atoms with Gasteiger partial charge in [-0.25, -0.2) is 0 Å². The predicted molar refractivity (Wildman–Crippen MR) is 132 cm³/mol. The van der Waals surface area contributed by atoms with Crippen LogP contribution in [-0.2, 0) is 32.1 Å². The van der Waals surface area contributed by atoms with Crippen LogP contribution in [0.5, 0.6) is 0 Å². The van der Waals surface area contributed by atoms with Crippen LogP contribution in [0.3, 0.4) is 0 Å². The van der Waals surface area contributed by atoms with Crippen molar-refractivity contribution in [1.82, 2.24) is 5.32 Å². The molecule has 3 rings (SSSR count). The van der Waals surface area contributed by atoms with Crippen LogP contribution in [0.2, 0.25) is 5.02 Å². The fraction of sp³-hybridized carbons (Fsp3) is 0.259. The largest absolute Gasteiger partial charge is 0.480 e. The summed E-state index contributed by atoms with van der Waals surface area (Å²) in [7, 11) is 0. The van der Waals surface area contributed by atoms with Crippen LogP contribution in [-0.4, -0.2) is 42.3 Å². The lowest BCUT2D eigenvalue weighted by Crippen LogP contribution is -2.51. The zero-order valence-corrected chi connectivity index (χ0v) is 19.7. The lowest BCUT2D eigenvalue weighted by atomic mass is 10.0. The van der Waals surface area contributed by atoms with Gasteiger partial charge in [-0.2, -0.15) is 0 Å². The van der Waals surface area contributed by atoms with Crippen molar-refractivity contribution in [3.05, 3.63) is 95.0 Å². The van der Waals surface area contributed by atoms with Crippen molar-refractivity contribution in [3.8, 4) is 11.1 Å². The van der Waals surface area contributed by atoms with Gasteiger partial charge in [-0.05, 0) is 47.7 Å². The van der Waals surface area contributed by atoms with Gasteiger partial charge < -0.3 is 14.6 Å². The second-order valence-electron chi connectivity index (χ2n) is 7.77. The second-order valence-corrected chi connectivity index (χ2v) is 8.21. The van der Waals surface area contributed by atoms with Crippen LogP contribution in [0.25, 0.3) is 11.1 Å². The van der Waals surface area contributed by atoms with Gasteiger partial charge in [0, 0.05) is 5.02 Å². The Labute approximate surface area is 204 Å². The van der Waals surface area contributed by atoms with E-state index in [1.54, 1.807) is 6.92 Å². The molecule has 7 heteroatoms. The van der Waals surface area contributed by atoms with E-state index >= 15 is 0 Å². The summed E-state index contributed by atoms with van der Waals surface area (Å²) in [5.41, 5.74) is 3.73. The fourth-order valence-corrected chi connectivity index (χ4v) is 3.68. The van der Waals surface area contributed by atoms with Crippen LogP contribution in [0.4, 0.5) is 0 Å². The molecule has 178 valence electrons. The SMILES string of the molecule is CCOC(=O)[C@H](COCc1ccccc1)NC(Cc1ccc(-c2cccc(Cl)c2)cc1)C(=O)O. The van der Waals surface area contributed by atoms with Crippen molar-refractivity contribution in [2.24, 2.45) is 0 Å². The highest BCUT2D eigenvalue weighted by atomic mass is 35.5. The summed E-state index contributed by atoms with van der Waals surface area (Å²) < 4.78 is 10.8. The number of esters is 1. The number of aliphatic carboxylic acids is 1. The molecule has 0 spiro atoms. The Balaban J connectivity index is 1.66. The summed E-state index contributed by atoms with van der Waals surface area (Å²) in [5.74, 6) is -1.60. The maximum Gasteiger partial charge on any atom is 0.325 e. The summed E-state index contributed by atoms with van der Waals surface area (Å²) in [5, 5.41) is 13.4. The molecule has 0 aliphatic rings. The van der Waals surface area contributed by atoms with Crippen molar-refractivity contribution >= 4 is 23.5 Å². The van der Waals surface area contributed by atoms with Gasteiger partial charge in [0.1, 0.15) is 12.1 Å². The third kappa shape index (κ3) is 7.70. The van der Waals surface area contributed by atoms with Crippen molar-refractivity contribution in [1.29, 1.82) is 0 Å². The number of nitrogens with one attached hydrogen (secondary N) is 1. The highest BCUT2D eigenvalue weighted by Crippen LogP contribution is 2.23. The molecule has 1 unspecified atom stereocenters. The number of carbonyl (C=O) groups excluding carboxylic acids is 1. The van der Waals surface area contributed by atoms with Crippen molar-refractivity contribution in [3.63, 3.8) is 0 Å². The maximum absolute atomic E-state index is 12.5. The van der Waals surface area contributed by atoms with Crippen LogP contribution >= 0.6 is 11.6 Å². The second kappa shape index (κ2) is 12.9. The van der Waals surface area contributed by atoms with E-state index in [2.05, 4.69) is 5.32 Å². The Kier molecular flexibility index (Phi) is 9.64. The van der Waals surface area contributed by atoms with E-state index < -0.39 is 24.0 Å². The zero-order chi connectivity index (χ0) is 24.3. The van der Waals surface area contributed by atoms with Crippen molar-refractivity contribution < 1.29 is 24.2 Å². The van der Waals surface area contributed by atoms with Crippen LogP contribution in [0.15, 0.2) is 78.9 Å². The highest BCUT2D eigenvalue weighted by Gasteiger charge is 2.27. The molecule has 0 aliphatic heterocycles. The smallest absolute Gasteiger partial charge is 0.325 e. The molecule has 3 aromatic carbocycles. The van der Waals surface area contributed by atoms with E-state index in [9.17, 15) is 14.7 Å². The Morgan fingerprint density at radius 2 is 1.65 bits per heavy atom. The summed E-state index contributed by atoms with van der Waals surface area (Å²) >= 11 is 6.08. The number of rotatable bonds is 12. The number of ether oxygens (including phenoxy) is 2. The van der Waals surface area contributed by atoms with Gasteiger partial charge in [0.15, 0.2) is 0 Å². The summed E-state index contributed by atoms with van der Waals surface area (Å²) in [6.45, 7) is 2.20. The minimum Gasteiger partial charge on any atom is -0.480 e. The van der Waals surface area contributed by atoms with Crippen LogP contribution in [0, 0.1) is 0 Å². The standard InChI is InChI=1S/C27H28ClNO5/c1-2-34-27(32)25(18-33-17-20-7-4-3-5-8-20)29-24(26(30)31)15-19-11-13-21(14-12-19)22-9-6-10-23(28)16-22/h3-14,16,24-25,29H,2,15,17-18H2,1H3,(H,30,31)/t24?,25-/m0/s1. The van der Waals surface area contributed by atoms with Crippen LogP contribution in [0.1, 0.15) is 18.1 Å². The average molecular weight is 482 g/mol. The number of hydrogen-bond acceptors (Lipinski definition) is 5. The topological polar surface area (TPSA) is 84.9 Å². The molecule has 34 heavy (non-hydrogen) atoms. The number of carboxylic acid groups (broad SMARTS) is 1. The molecule has 0 amide bonds. The van der Waals surface area contributed by atoms with E-state index in [1.165, 1.54) is 0 Å². The number of hydrogen-bond donors (Lipinski definition) is 2. The molecule has 0 aliphatic carbocycles. The molecule has 0 saturated carbocycles. The molecule has 0 saturated heterocycles. The Hall–Kier alpha value is -3.19. The molecular formula is C27H28ClNO5. The number of carboxylic acids is 1. The van der Waals surface area contributed by atoms with Gasteiger partial charge >= 0.3 is 11.9 Å². The van der Waals surface area contributed by atoms with E-state index in [0.717, 1.165) is 22.3 Å². The predicted octanol–water partition coefficient (Wildman–Crippen LogP) is 4.74. The first-order valence-corrected chi connectivity index (χ1v) is 11.5. The third-order valence-electron chi connectivity index (χ3n) is 5.22. The molecule has 2 atom stereocenters. The monoisotopic (exact) mass is 481 g/mol. The Bertz CT molecular complexity index is 1070. The number of benzene rings is 3. The molecule has 0 bridgehead atoms. The highest BCUT2D eigenvalue weighted by molar-refractivity contribution is 6.30. The van der Waals surface area contributed by atoms with Crippen molar-refractivity contribution in [2.45, 2.75) is 32.0 Å². The fourth-order valence-electron chi connectivity index (χ4n) is 3.49. The Morgan fingerprint density at radius 3 is 2.29 bits per heavy atom. The minimum absolute atomic E-state index is 0.00872. The molecule has 2 N–H and O–H groups in total.